The van der Waals surface area contributed by atoms with Crippen LogP contribution in [0.5, 0.6) is 0 Å². The van der Waals surface area contributed by atoms with Gasteiger partial charge in [0.1, 0.15) is 6.54 Å². The smallest absolute Gasteiger partial charge is 0.245 e. The first-order valence-electron chi connectivity index (χ1n) is 7.29. The van der Waals surface area contributed by atoms with Gasteiger partial charge in [0.2, 0.25) is 15.9 Å². The standard InChI is InChI=1S/C17H20N2O3S2/c1-13-8-4-6-10-15(13)19(24(3,21)22)12-17(20)18-14-9-5-7-11-16(14)23-2/h4-11H,12H2,1-3H3,(H,18,20). The molecule has 2 aromatic rings. The van der Waals surface area contributed by atoms with Crippen molar-refractivity contribution < 1.29 is 13.2 Å². The van der Waals surface area contributed by atoms with Gasteiger partial charge in [-0.3, -0.25) is 9.10 Å². The molecule has 0 aliphatic carbocycles. The molecule has 5 nitrogen and oxygen atoms in total. The van der Waals surface area contributed by atoms with Crippen LogP contribution < -0.4 is 9.62 Å². The Kier molecular flexibility index (Phi) is 5.90. The van der Waals surface area contributed by atoms with Crippen molar-refractivity contribution in [2.75, 3.05) is 28.7 Å². The number of benzene rings is 2. The van der Waals surface area contributed by atoms with E-state index in [1.165, 1.54) is 11.8 Å². The van der Waals surface area contributed by atoms with Crippen LogP contribution in [0.4, 0.5) is 11.4 Å². The Bertz CT molecular complexity index is 835. The number of aryl methyl sites for hydroxylation is 1. The fraction of sp³-hybridized carbons (Fsp3) is 0.235. The van der Waals surface area contributed by atoms with E-state index >= 15 is 0 Å². The van der Waals surface area contributed by atoms with Crippen LogP contribution >= 0.6 is 11.8 Å². The number of sulfonamides is 1. The summed E-state index contributed by atoms with van der Waals surface area (Å²) in [5.74, 6) is -0.384. The number of hydrogen-bond acceptors (Lipinski definition) is 4. The molecule has 0 spiro atoms. The highest BCUT2D eigenvalue weighted by molar-refractivity contribution is 7.98. The number of carbonyl (C=O) groups is 1. The molecule has 0 bridgehead atoms. The number of para-hydroxylation sites is 2. The lowest BCUT2D eigenvalue weighted by atomic mass is 10.2. The molecule has 0 fully saturated rings. The Hall–Kier alpha value is -1.99. The first-order valence-corrected chi connectivity index (χ1v) is 10.4. The molecule has 2 aromatic carbocycles. The number of nitrogens with zero attached hydrogens (tertiary/aromatic N) is 1. The van der Waals surface area contributed by atoms with Gasteiger partial charge in [-0.2, -0.15) is 0 Å². The van der Waals surface area contributed by atoms with Crippen molar-refractivity contribution in [1.82, 2.24) is 0 Å². The molecule has 0 unspecified atom stereocenters. The fourth-order valence-corrected chi connectivity index (χ4v) is 3.76. The number of rotatable bonds is 6. The van der Waals surface area contributed by atoms with Crippen LogP contribution in [0.15, 0.2) is 53.4 Å². The van der Waals surface area contributed by atoms with E-state index in [9.17, 15) is 13.2 Å². The van der Waals surface area contributed by atoms with Gasteiger partial charge in [0.15, 0.2) is 0 Å². The van der Waals surface area contributed by atoms with E-state index in [4.69, 9.17) is 0 Å². The van der Waals surface area contributed by atoms with Crippen molar-refractivity contribution in [2.45, 2.75) is 11.8 Å². The molecule has 0 heterocycles. The van der Waals surface area contributed by atoms with Gasteiger partial charge < -0.3 is 5.32 Å². The van der Waals surface area contributed by atoms with E-state index in [-0.39, 0.29) is 12.5 Å². The average Bonchev–Trinajstić information content (AvgIpc) is 2.53. The molecule has 0 radical (unpaired) electrons. The second kappa shape index (κ2) is 7.72. The summed E-state index contributed by atoms with van der Waals surface area (Å²) in [5.41, 5.74) is 1.97. The van der Waals surface area contributed by atoms with Gasteiger partial charge >= 0.3 is 0 Å². The van der Waals surface area contributed by atoms with Crippen molar-refractivity contribution >= 4 is 39.1 Å². The first-order chi connectivity index (χ1) is 11.3. The maximum Gasteiger partial charge on any atom is 0.245 e. The summed E-state index contributed by atoms with van der Waals surface area (Å²) in [4.78, 5) is 13.3. The van der Waals surface area contributed by atoms with Gasteiger partial charge in [0.05, 0.1) is 17.6 Å². The number of amides is 1. The van der Waals surface area contributed by atoms with Gasteiger partial charge in [0, 0.05) is 4.90 Å². The Morgan fingerprint density at radius 2 is 1.75 bits per heavy atom. The highest BCUT2D eigenvalue weighted by Crippen LogP contribution is 2.25. The van der Waals surface area contributed by atoms with Crippen LogP contribution in [0.1, 0.15) is 5.56 Å². The normalized spacial score (nSPS) is 11.1. The van der Waals surface area contributed by atoms with Crippen LogP contribution in [0.3, 0.4) is 0 Å². The summed E-state index contributed by atoms with van der Waals surface area (Å²) in [6, 6.07) is 14.5. The number of thioether (sulfide) groups is 1. The van der Waals surface area contributed by atoms with Crippen LogP contribution in [-0.2, 0) is 14.8 Å². The van der Waals surface area contributed by atoms with Gasteiger partial charge in [-0.05, 0) is 36.9 Å². The number of hydrogen-bond donors (Lipinski definition) is 1. The molecule has 24 heavy (non-hydrogen) atoms. The van der Waals surface area contributed by atoms with Crippen LogP contribution in [-0.4, -0.2) is 33.4 Å². The zero-order chi connectivity index (χ0) is 17.7. The highest BCUT2D eigenvalue weighted by atomic mass is 32.2. The minimum Gasteiger partial charge on any atom is -0.323 e. The van der Waals surface area contributed by atoms with Gasteiger partial charge in [-0.15, -0.1) is 11.8 Å². The van der Waals surface area contributed by atoms with Crippen molar-refractivity contribution in [2.24, 2.45) is 0 Å². The molecule has 2 rings (SSSR count). The molecule has 7 heteroatoms. The minimum atomic E-state index is -3.58. The van der Waals surface area contributed by atoms with E-state index in [0.717, 1.165) is 21.0 Å². The molecule has 128 valence electrons. The molecule has 1 N–H and O–H groups in total. The van der Waals surface area contributed by atoms with Crippen LogP contribution in [0, 0.1) is 6.92 Å². The van der Waals surface area contributed by atoms with Crippen molar-refractivity contribution in [3.8, 4) is 0 Å². The highest BCUT2D eigenvalue weighted by Gasteiger charge is 2.22. The third-order valence-corrected chi connectivity index (χ3v) is 5.38. The molecular formula is C17H20N2O3S2. The summed E-state index contributed by atoms with van der Waals surface area (Å²) in [5, 5.41) is 2.79. The number of carbonyl (C=O) groups excluding carboxylic acids is 1. The Labute approximate surface area is 147 Å². The summed E-state index contributed by atoms with van der Waals surface area (Å²) < 4.78 is 25.4. The summed E-state index contributed by atoms with van der Waals surface area (Å²) in [6.07, 6.45) is 3.02. The second-order valence-electron chi connectivity index (χ2n) is 5.30. The maximum absolute atomic E-state index is 12.4. The van der Waals surface area contributed by atoms with Gasteiger partial charge in [-0.25, -0.2) is 8.42 Å². The monoisotopic (exact) mass is 364 g/mol. The summed E-state index contributed by atoms with van der Waals surface area (Å²) in [6.45, 7) is 1.54. The SMILES string of the molecule is CSc1ccccc1NC(=O)CN(c1ccccc1C)S(C)(=O)=O. The predicted octanol–water partition coefficient (Wildman–Crippen LogP) is 3.12. The van der Waals surface area contributed by atoms with Crippen molar-refractivity contribution in [3.63, 3.8) is 0 Å². The lowest BCUT2D eigenvalue weighted by Gasteiger charge is -2.23. The lowest BCUT2D eigenvalue weighted by molar-refractivity contribution is -0.114. The molecule has 0 aliphatic rings. The molecule has 0 saturated heterocycles. The van der Waals surface area contributed by atoms with E-state index in [0.29, 0.717) is 11.4 Å². The summed E-state index contributed by atoms with van der Waals surface area (Å²) in [7, 11) is -3.58. The average molecular weight is 364 g/mol. The van der Waals surface area contributed by atoms with Crippen molar-refractivity contribution in [1.29, 1.82) is 0 Å². The van der Waals surface area contributed by atoms with Gasteiger partial charge in [-0.1, -0.05) is 30.3 Å². The second-order valence-corrected chi connectivity index (χ2v) is 8.06. The minimum absolute atomic E-state index is 0.271. The van der Waals surface area contributed by atoms with Crippen LogP contribution in [0.25, 0.3) is 0 Å². The van der Waals surface area contributed by atoms with E-state index in [2.05, 4.69) is 5.32 Å². The molecule has 0 saturated carbocycles. The molecule has 0 aliphatic heterocycles. The van der Waals surface area contributed by atoms with E-state index < -0.39 is 10.0 Å². The Morgan fingerprint density at radius 3 is 2.38 bits per heavy atom. The van der Waals surface area contributed by atoms with Crippen molar-refractivity contribution in [3.05, 3.63) is 54.1 Å². The Morgan fingerprint density at radius 1 is 1.12 bits per heavy atom. The third-order valence-electron chi connectivity index (χ3n) is 3.45. The zero-order valence-electron chi connectivity index (χ0n) is 13.8. The zero-order valence-corrected chi connectivity index (χ0v) is 15.4. The molecular weight excluding hydrogens is 344 g/mol. The maximum atomic E-state index is 12.4. The Balaban J connectivity index is 2.25. The first kappa shape index (κ1) is 18.4. The largest absolute Gasteiger partial charge is 0.323 e. The molecule has 0 atom stereocenters. The topological polar surface area (TPSA) is 66.5 Å². The number of anilines is 2. The fourth-order valence-electron chi connectivity index (χ4n) is 2.29. The van der Waals surface area contributed by atoms with E-state index in [1.54, 1.807) is 18.2 Å². The van der Waals surface area contributed by atoms with Crippen LogP contribution in [0.2, 0.25) is 0 Å². The quantitative estimate of drug-likeness (QED) is 0.800. The third kappa shape index (κ3) is 4.52. The van der Waals surface area contributed by atoms with E-state index in [1.807, 2.05) is 43.5 Å². The molecule has 1 amide bonds. The summed E-state index contributed by atoms with van der Waals surface area (Å²) >= 11 is 1.51. The predicted molar refractivity (Wildman–Crippen MR) is 100 cm³/mol. The van der Waals surface area contributed by atoms with Gasteiger partial charge in [0.25, 0.3) is 0 Å². The number of nitrogens with one attached hydrogen (secondary N) is 1. The lowest BCUT2D eigenvalue weighted by Crippen LogP contribution is -2.37. The molecule has 0 aromatic heterocycles.